The quantitative estimate of drug-likeness (QED) is 0.847. The predicted octanol–water partition coefficient (Wildman–Crippen LogP) is 2.38. The van der Waals surface area contributed by atoms with Crippen LogP contribution in [0.5, 0.6) is 0 Å². The molecule has 1 aromatic rings. The molecule has 4 nitrogen and oxygen atoms in total. The molecule has 2 atom stereocenters. The van der Waals surface area contributed by atoms with Crippen molar-refractivity contribution in [2.75, 3.05) is 6.54 Å². The number of hydrogen-bond acceptors (Lipinski definition) is 3. The van der Waals surface area contributed by atoms with E-state index >= 15 is 0 Å². The van der Waals surface area contributed by atoms with Crippen LogP contribution >= 0.6 is 0 Å². The van der Waals surface area contributed by atoms with E-state index in [-0.39, 0.29) is 17.6 Å². The highest BCUT2D eigenvalue weighted by Gasteiger charge is 2.36. The van der Waals surface area contributed by atoms with Crippen molar-refractivity contribution in [3.63, 3.8) is 0 Å². The molecule has 4 heteroatoms. The van der Waals surface area contributed by atoms with Gasteiger partial charge < -0.3 is 5.73 Å². The molecule has 1 aliphatic rings. The molecule has 0 spiro atoms. The minimum Gasteiger partial charge on any atom is -0.326 e. The minimum atomic E-state index is 0.134. The molecular weight excluding hydrogens is 236 g/mol. The predicted molar refractivity (Wildman–Crippen MR) is 79.0 cm³/mol. The molecule has 19 heavy (non-hydrogen) atoms. The third-order valence-corrected chi connectivity index (χ3v) is 4.16. The fraction of sp³-hybridized carbons (Fsp3) is 0.800. The molecule has 2 rings (SSSR count). The maximum atomic E-state index is 6.50. The molecule has 0 aromatic carbocycles. The highest BCUT2D eigenvalue weighted by Crippen LogP contribution is 2.35. The summed E-state index contributed by atoms with van der Waals surface area (Å²) < 4.78 is 1.91. The summed E-state index contributed by atoms with van der Waals surface area (Å²) in [5.74, 6) is 0. The van der Waals surface area contributed by atoms with Crippen LogP contribution in [0.1, 0.15) is 57.3 Å². The average Bonchev–Trinajstić information content (AvgIpc) is 2.48. The number of nitrogens with zero attached hydrogens (tertiary/aromatic N) is 3. The Bertz CT molecular complexity index is 430. The molecule has 0 radical (unpaired) electrons. The number of rotatable bonds is 1. The van der Waals surface area contributed by atoms with Crippen LogP contribution in [0.3, 0.4) is 0 Å². The molecule has 2 unspecified atom stereocenters. The molecule has 0 bridgehead atoms. The van der Waals surface area contributed by atoms with E-state index < -0.39 is 0 Å². The standard InChI is InChI=1S/C15H28N4/c1-11-12(10-18(5)17-11)14-13(16)8-6-7-9-19(14)15(2,3)4/h10,13-14H,6-9,16H2,1-5H3. The maximum absolute atomic E-state index is 6.50. The zero-order chi connectivity index (χ0) is 14.2. The van der Waals surface area contributed by atoms with Gasteiger partial charge >= 0.3 is 0 Å². The smallest absolute Gasteiger partial charge is 0.0642 e. The van der Waals surface area contributed by atoms with Gasteiger partial charge in [-0.25, -0.2) is 0 Å². The molecule has 1 aromatic heterocycles. The van der Waals surface area contributed by atoms with Crippen LogP contribution in [-0.2, 0) is 7.05 Å². The van der Waals surface area contributed by atoms with E-state index in [1.165, 1.54) is 18.4 Å². The first kappa shape index (κ1) is 14.5. The zero-order valence-electron chi connectivity index (χ0n) is 13.0. The lowest BCUT2D eigenvalue weighted by molar-refractivity contribution is 0.0752. The second-order valence-corrected chi connectivity index (χ2v) is 6.81. The second-order valence-electron chi connectivity index (χ2n) is 6.81. The van der Waals surface area contributed by atoms with Gasteiger partial charge in [-0.05, 0) is 47.1 Å². The Morgan fingerprint density at radius 2 is 2.00 bits per heavy atom. The van der Waals surface area contributed by atoms with Gasteiger partial charge in [-0.1, -0.05) is 6.42 Å². The zero-order valence-corrected chi connectivity index (χ0v) is 13.0. The molecule has 108 valence electrons. The number of likely N-dealkylation sites (tertiary alicyclic amines) is 1. The lowest BCUT2D eigenvalue weighted by Crippen LogP contribution is -2.49. The van der Waals surface area contributed by atoms with Gasteiger partial charge in [0, 0.05) is 30.4 Å². The third kappa shape index (κ3) is 3.00. The van der Waals surface area contributed by atoms with Gasteiger partial charge in [-0.3, -0.25) is 9.58 Å². The fourth-order valence-electron chi connectivity index (χ4n) is 3.25. The van der Waals surface area contributed by atoms with Crippen LogP contribution in [-0.4, -0.2) is 32.8 Å². The van der Waals surface area contributed by atoms with Gasteiger partial charge in [0.25, 0.3) is 0 Å². The third-order valence-electron chi connectivity index (χ3n) is 4.16. The first-order valence-electron chi connectivity index (χ1n) is 7.33. The average molecular weight is 264 g/mol. The van der Waals surface area contributed by atoms with Crippen LogP contribution in [0.15, 0.2) is 6.20 Å². The van der Waals surface area contributed by atoms with Crippen molar-refractivity contribution in [2.45, 2.75) is 64.6 Å². The van der Waals surface area contributed by atoms with Gasteiger partial charge in [-0.2, -0.15) is 5.10 Å². The van der Waals surface area contributed by atoms with Crippen molar-refractivity contribution in [1.29, 1.82) is 0 Å². The van der Waals surface area contributed by atoms with E-state index in [0.29, 0.717) is 0 Å². The summed E-state index contributed by atoms with van der Waals surface area (Å²) in [4.78, 5) is 2.56. The molecule has 2 N–H and O–H groups in total. The summed E-state index contributed by atoms with van der Waals surface area (Å²) in [6.07, 6.45) is 5.71. The fourth-order valence-corrected chi connectivity index (χ4v) is 3.25. The number of hydrogen-bond donors (Lipinski definition) is 1. The van der Waals surface area contributed by atoms with Crippen molar-refractivity contribution in [3.05, 3.63) is 17.5 Å². The van der Waals surface area contributed by atoms with Crippen LogP contribution < -0.4 is 5.73 Å². The van der Waals surface area contributed by atoms with Crippen molar-refractivity contribution >= 4 is 0 Å². The summed E-state index contributed by atoms with van der Waals surface area (Å²) >= 11 is 0. The van der Waals surface area contributed by atoms with Gasteiger partial charge in [0.1, 0.15) is 0 Å². The lowest BCUT2D eigenvalue weighted by atomic mass is 9.93. The molecular formula is C15H28N4. The number of nitrogens with two attached hydrogens (primary N) is 1. The van der Waals surface area contributed by atoms with Crippen LogP contribution in [0.25, 0.3) is 0 Å². The van der Waals surface area contributed by atoms with E-state index in [9.17, 15) is 0 Å². The molecule has 1 aliphatic heterocycles. The summed E-state index contributed by atoms with van der Waals surface area (Å²) in [7, 11) is 1.99. The molecule has 0 amide bonds. The minimum absolute atomic E-state index is 0.134. The van der Waals surface area contributed by atoms with E-state index in [1.54, 1.807) is 0 Å². The van der Waals surface area contributed by atoms with Crippen molar-refractivity contribution in [1.82, 2.24) is 14.7 Å². The summed E-state index contributed by atoms with van der Waals surface area (Å²) in [5, 5.41) is 4.50. The Morgan fingerprint density at radius 1 is 1.32 bits per heavy atom. The summed E-state index contributed by atoms with van der Waals surface area (Å²) in [5.41, 5.74) is 9.04. The Hall–Kier alpha value is -0.870. The highest BCUT2D eigenvalue weighted by molar-refractivity contribution is 5.23. The topological polar surface area (TPSA) is 47.1 Å². The van der Waals surface area contributed by atoms with Crippen molar-refractivity contribution < 1.29 is 0 Å². The highest BCUT2D eigenvalue weighted by atomic mass is 15.3. The lowest BCUT2D eigenvalue weighted by Gasteiger charge is -2.42. The van der Waals surface area contributed by atoms with Gasteiger partial charge in [0.15, 0.2) is 0 Å². The molecule has 2 heterocycles. The van der Waals surface area contributed by atoms with E-state index in [1.807, 2.05) is 11.7 Å². The monoisotopic (exact) mass is 264 g/mol. The van der Waals surface area contributed by atoms with Crippen LogP contribution in [0, 0.1) is 6.92 Å². The van der Waals surface area contributed by atoms with Gasteiger partial charge in [0.05, 0.1) is 11.7 Å². The van der Waals surface area contributed by atoms with E-state index in [2.05, 4.69) is 43.9 Å². The molecule has 1 saturated heterocycles. The SMILES string of the molecule is Cc1nn(C)cc1C1C(N)CCCCN1C(C)(C)C. The van der Waals surface area contributed by atoms with Gasteiger partial charge in [0.2, 0.25) is 0 Å². The second kappa shape index (κ2) is 5.25. The number of aromatic nitrogens is 2. The van der Waals surface area contributed by atoms with Crippen LogP contribution in [0.2, 0.25) is 0 Å². The Balaban J connectivity index is 2.42. The Labute approximate surface area is 117 Å². The van der Waals surface area contributed by atoms with Crippen molar-refractivity contribution in [3.8, 4) is 0 Å². The van der Waals surface area contributed by atoms with E-state index in [4.69, 9.17) is 5.73 Å². The molecule has 1 fully saturated rings. The number of aryl methyl sites for hydroxylation is 2. The first-order chi connectivity index (χ1) is 8.80. The molecule has 0 aliphatic carbocycles. The maximum Gasteiger partial charge on any atom is 0.0642 e. The van der Waals surface area contributed by atoms with Crippen LogP contribution in [0.4, 0.5) is 0 Å². The van der Waals surface area contributed by atoms with E-state index in [0.717, 1.165) is 18.7 Å². The van der Waals surface area contributed by atoms with Gasteiger partial charge in [-0.15, -0.1) is 0 Å². The first-order valence-corrected chi connectivity index (χ1v) is 7.33. The Kier molecular flexibility index (Phi) is 4.02. The normalized spacial score (nSPS) is 26.4. The molecule has 0 saturated carbocycles. The summed E-state index contributed by atoms with van der Waals surface area (Å²) in [6.45, 7) is 10.1. The Morgan fingerprint density at radius 3 is 2.53 bits per heavy atom. The summed E-state index contributed by atoms with van der Waals surface area (Å²) in [6, 6.07) is 0.487. The van der Waals surface area contributed by atoms with Crippen molar-refractivity contribution in [2.24, 2.45) is 12.8 Å². The largest absolute Gasteiger partial charge is 0.326 e.